The van der Waals surface area contributed by atoms with Crippen molar-refractivity contribution in [2.75, 3.05) is 19.0 Å². The molecule has 7 nitrogen and oxygen atoms in total. The first kappa shape index (κ1) is 24.2. The Morgan fingerprint density at radius 1 is 1.26 bits per heavy atom. The molecule has 0 atom stereocenters. The van der Waals surface area contributed by atoms with Gasteiger partial charge in [0.2, 0.25) is 0 Å². The second-order valence-electron chi connectivity index (χ2n) is 7.07. The standard InChI is InChI=1S/C15H10FN3O2.C7H14O.CH5N/c16-11-5-4-10(9-20)7-12(11)18-15(21)13-8-17-14-3-1-2-6-19(13)14;8-6-7-4-2-1-3-5-7;1-2/h1-9H,(H,18,21);7-8H,1-6H2;2H2,1H3. The Labute approximate surface area is 181 Å². The number of amides is 1. The fourth-order valence-corrected chi connectivity index (χ4v) is 3.37. The number of benzene rings is 1. The van der Waals surface area contributed by atoms with Crippen molar-refractivity contribution in [3.63, 3.8) is 0 Å². The third kappa shape index (κ3) is 6.70. The summed E-state index contributed by atoms with van der Waals surface area (Å²) in [6.07, 6.45) is 10.3. The van der Waals surface area contributed by atoms with Crippen LogP contribution in [0.3, 0.4) is 0 Å². The molecule has 1 fully saturated rings. The Balaban J connectivity index is 0.000000286. The van der Waals surface area contributed by atoms with E-state index in [0.29, 0.717) is 24.5 Å². The maximum absolute atomic E-state index is 13.7. The minimum Gasteiger partial charge on any atom is -0.396 e. The second kappa shape index (κ2) is 12.6. The van der Waals surface area contributed by atoms with Gasteiger partial charge in [-0.2, -0.15) is 0 Å². The molecular formula is C23H29FN4O3. The summed E-state index contributed by atoms with van der Waals surface area (Å²) in [7, 11) is 1.50. The van der Waals surface area contributed by atoms with Gasteiger partial charge in [0.25, 0.3) is 5.91 Å². The number of anilines is 1. The summed E-state index contributed by atoms with van der Waals surface area (Å²) in [4.78, 5) is 27.0. The van der Waals surface area contributed by atoms with Crippen LogP contribution in [0.15, 0.2) is 48.8 Å². The number of aldehydes is 1. The van der Waals surface area contributed by atoms with E-state index >= 15 is 0 Å². The zero-order valence-corrected chi connectivity index (χ0v) is 17.6. The number of halogens is 1. The number of nitrogens with zero attached hydrogens (tertiary/aromatic N) is 2. The van der Waals surface area contributed by atoms with Gasteiger partial charge in [-0.15, -0.1) is 0 Å². The Hall–Kier alpha value is -3.10. The lowest BCUT2D eigenvalue weighted by Crippen LogP contribution is -2.15. The number of carbonyl (C=O) groups is 2. The maximum Gasteiger partial charge on any atom is 0.274 e. The van der Waals surface area contributed by atoms with Crippen LogP contribution in [0.5, 0.6) is 0 Å². The SMILES string of the molecule is CN.O=Cc1ccc(F)c(NC(=O)c2cnc3ccccn23)c1.OCC1CCCCC1. The number of aliphatic hydroxyl groups excluding tert-OH is 1. The maximum atomic E-state index is 13.7. The number of aliphatic hydroxyl groups is 1. The lowest BCUT2D eigenvalue weighted by atomic mass is 9.90. The fourth-order valence-electron chi connectivity index (χ4n) is 3.37. The molecule has 2 aromatic heterocycles. The highest BCUT2D eigenvalue weighted by atomic mass is 19.1. The quantitative estimate of drug-likeness (QED) is 0.549. The minimum atomic E-state index is -0.609. The molecule has 8 heteroatoms. The van der Waals surface area contributed by atoms with E-state index in [4.69, 9.17) is 5.11 Å². The molecule has 1 aliphatic rings. The van der Waals surface area contributed by atoms with E-state index in [9.17, 15) is 14.0 Å². The van der Waals surface area contributed by atoms with Crippen molar-refractivity contribution in [3.8, 4) is 0 Å². The normalized spacial score (nSPS) is 13.4. The van der Waals surface area contributed by atoms with Gasteiger partial charge in [0.1, 0.15) is 23.4 Å². The zero-order chi connectivity index (χ0) is 22.6. The van der Waals surface area contributed by atoms with Gasteiger partial charge in [-0.1, -0.05) is 25.3 Å². The molecule has 2 heterocycles. The van der Waals surface area contributed by atoms with Crippen LogP contribution in [0.2, 0.25) is 0 Å². The number of nitrogens with two attached hydrogens (primary N) is 1. The number of aromatic nitrogens is 2. The molecule has 0 saturated heterocycles. The van der Waals surface area contributed by atoms with Gasteiger partial charge in [0.15, 0.2) is 0 Å². The third-order valence-electron chi connectivity index (χ3n) is 5.01. The van der Waals surface area contributed by atoms with Crippen LogP contribution in [0.25, 0.3) is 5.65 Å². The van der Waals surface area contributed by atoms with Crippen molar-refractivity contribution in [2.45, 2.75) is 32.1 Å². The fraction of sp³-hybridized carbons (Fsp3) is 0.348. The second-order valence-corrected chi connectivity index (χ2v) is 7.07. The van der Waals surface area contributed by atoms with E-state index in [1.807, 2.05) is 0 Å². The number of fused-ring (bicyclic) bond motifs is 1. The van der Waals surface area contributed by atoms with Crippen molar-refractivity contribution in [1.82, 2.24) is 9.38 Å². The number of nitrogens with one attached hydrogen (secondary N) is 1. The molecule has 0 aliphatic heterocycles. The lowest BCUT2D eigenvalue weighted by molar-refractivity contribution is 0.102. The monoisotopic (exact) mass is 428 g/mol. The first-order valence-electron chi connectivity index (χ1n) is 10.3. The minimum absolute atomic E-state index is 0.0459. The average Bonchev–Trinajstić information content (AvgIpc) is 3.27. The van der Waals surface area contributed by atoms with Crippen LogP contribution in [0, 0.1) is 11.7 Å². The third-order valence-corrected chi connectivity index (χ3v) is 5.01. The van der Waals surface area contributed by atoms with E-state index in [-0.39, 0.29) is 16.9 Å². The van der Waals surface area contributed by atoms with Crippen molar-refractivity contribution < 1.29 is 19.1 Å². The summed E-state index contributed by atoms with van der Waals surface area (Å²) in [5.41, 5.74) is 5.63. The number of imidazole rings is 1. The molecule has 0 unspecified atom stereocenters. The van der Waals surface area contributed by atoms with Gasteiger partial charge in [-0.05, 0) is 56.1 Å². The molecule has 0 radical (unpaired) electrons. The summed E-state index contributed by atoms with van der Waals surface area (Å²) in [6, 6.07) is 9.07. The number of hydrogen-bond donors (Lipinski definition) is 3. The molecule has 4 N–H and O–H groups in total. The largest absolute Gasteiger partial charge is 0.396 e. The van der Waals surface area contributed by atoms with E-state index in [0.717, 1.165) is 6.07 Å². The smallest absolute Gasteiger partial charge is 0.274 e. The van der Waals surface area contributed by atoms with E-state index in [1.165, 1.54) is 57.5 Å². The highest BCUT2D eigenvalue weighted by molar-refractivity contribution is 6.03. The van der Waals surface area contributed by atoms with Crippen LogP contribution in [0.4, 0.5) is 10.1 Å². The molecule has 166 valence electrons. The molecular weight excluding hydrogens is 399 g/mol. The Morgan fingerprint density at radius 2 is 2.00 bits per heavy atom. The van der Waals surface area contributed by atoms with Gasteiger partial charge in [-0.3, -0.25) is 14.0 Å². The zero-order valence-electron chi connectivity index (χ0n) is 17.6. The van der Waals surface area contributed by atoms with Crippen LogP contribution < -0.4 is 11.1 Å². The summed E-state index contributed by atoms with van der Waals surface area (Å²) in [6.45, 7) is 0.417. The summed E-state index contributed by atoms with van der Waals surface area (Å²) >= 11 is 0. The summed E-state index contributed by atoms with van der Waals surface area (Å²) < 4.78 is 15.3. The van der Waals surface area contributed by atoms with Crippen molar-refractivity contribution >= 4 is 23.5 Å². The van der Waals surface area contributed by atoms with Crippen molar-refractivity contribution in [2.24, 2.45) is 11.7 Å². The van der Waals surface area contributed by atoms with E-state index < -0.39 is 11.7 Å². The number of carbonyl (C=O) groups excluding carboxylic acids is 2. The van der Waals surface area contributed by atoms with Crippen LogP contribution in [0.1, 0.15) is 53.0 Å². The lowest BCUT2D eigenvalue weighted by Gasteiger charge is -2.18. The van der Waals surface area contributed by atoms with Gasteiger partial charge in [0, 0.05) is 18.4 Å². The molecule has 1 amide bonds. The molecule has 1 aliphatic carbocycles. The molecule has 0 spiro atoms. The summed E-state index contributed by atoms with van der Waals surface area (Å²) in [5.74, 6) is -0.470. The Morgan fingerprint density at radius 3 is 2.65 bits per heavy atom. The van der Waals surface area contributed by atoms with Gasteiger partial charge in [-0.25, -0.2) is 9.37 Å². The summed E-state index contributed by atoms with van der Waals surface area (Å²) in [5, 5.41) is 11.1. The van der Waals surface area contributed by atoms with Crippen LogP contribution in [-0.2, 0) is 0 Å². The molecule has 1 saturated carbocycles. The molecule has 31 heavy (non-hydrogen) atoms. The topological polar surface area (TPSA) is 110 Å². The van der Waals surface area contributed by atoms with Crippen LogP contribution >= 0.6 is 0 Å². The average molecular weight is 429 g/mol. The molecule has 0 bridgehead atoms. The predicted octanol–water partition coefficient (Wildman–Crippen LogP) is 3.67. The van der Waals surface area contributed by atoms with Crippen molar-refractivity contribution in [3.05, 3.63) is 65.9 Å². The predicted molar refractivity (Wildman–Crippen MR) is 119 cm³/mol. The van der Waals surface area contributed by atoms with Gasteiger partial charge >= 0.3 is 0 Å². The van der Waals surface area contributed by atoms with Crippen LogP contribution in [-0.4, -0.2) is 40.3 Å². The first-order chi connectivity index (χ1) is 15.1. The van der Waals surface area contributed by atoms with E-state index in [1.54, 1.807) is 28.8 Å². The first-order valence-corrected chi connectivity index (χ1v) is 10.3. The Kier molecular flexibility index (Phi) is 9.80. The molecule has 4 rings (SSSR count). The number of pyridine rings is 1. The highest BCUT2D eigenvalue weighted by Gasteiger charge is 2.14. The highest BCUT2D eigenvalue weighted by Crippen LogP contribution is 2.22. The van der Waals surface area contributed by atoms with Crippen molar-refractivity contribution in [1.29, 1.82) is 0 Å². The molecule has 1 aromatic carbocycles. The molecule has 3 aromatic rings. The number of hydrogen-bond acceptors (Lipinski definition) is 5. The van der Waals surface area contributed by atoms with Gasteiger partial charge < -0.3 is 16.2 Å². The van der Waals surface area contributed by atoms with Gasteiger partial charge in [0.05, 0.1) is 11.9 Å². The van der Waals surface area contributed by atoms with E-state index in [2.05, 4.69) is 16.0 Å². The number of rotatable bonds is 4. The Bertz CT molecular complexity index is 984.